The van der Waals surface area contributed by atoms with Crippen molar-refractivity contribution >= 4 is 46.7 Å². The summed E-state index contributed by atoms with van der Waals surface area (Å²) < 4.78 is 13.6. The first-order chi connectivity index (χ1) is 15.7. The van der Waals surface area contributed by atoms with Crippen molar-refractivity contribution in [1.29, 1.82) is 0 Å². The number of pyridine rings is 1. The first-order valence-electron chi connectivity index (χ1n) is 11.3. The van der Waals surface area contributed by atoms with Gasteiger partial charge in [-0.1, -0.05) is 6.92 Å². The smallest absolute Gasteiger partial charge is 0.191 e. The fourth-order valence-electron chi connectivity index (χ4n) is 4.12. The molecule has 4 rings (SSSR count). The van der Waals surface area contributed by atoms with E-state index in [1.54, 1.807) is 19.2 Å². The van der Waals surface area contributed by atoms with Crippen LogP contribution in [0.1, 0.15) is 18.1 Å². The lowest BCUT2D eigenvalue weighted by atomic mass is 10.1. The van der Waals surface area contributed by atoms with Crippen molar-refractivity contribution in [1.82, 2.24) is 25.5 Å². The molecule has 1 saturated heterocycles. The number of hydrogen-bond acceptors (Lipinski definition) is 4. The Bertz CT molecular complexity index is 1060. The molecule has 1 aliphatic heterocycles. The number of benzene rings is 1. The molecule has 178 valence electrons. The maximum atomic E-state index is 13.6. The van der Waals surface area contributed by atoms with Gasteiger partial charge in [-0.3, -0.25) is 4.99 Å². The first-order valence-corrected chi connectivity index (χ1v) is 11.3. The summed E-state index contributed by atoms with van der Waals surface area (Å²) in [7, 11) is 1.77. The van der Waals surface area contributed by atoms with E-state index < -0.39 is 0 Å². The molecule has 9 heteroatoms. The highest BCUT2D eigenvalue weighted by Gasteiger charge is 2.16. The predicted octanol–water partition coefficient (Wildman–Crippen LogP) is 3.37. The van der Waals surface area contributed by atoms with Crippen LogP contribution in [0.25, 0.3) is 10.9 Å². The standard InChI is InChI=1S/C24H32FN7.HI/c1-3-31-10-12-32(13-11-31)23-14-18(6-8-27-23)16-30-24(26-2)28-9-7-19-17-29-22-5-4-20(25)15-21(19)22;/h4-6,8,14-15,17,29H,3,7,9-13,16H2,1-2H3,(H2,26,28,30);1H. The topological polar surface area (TPSA) is 71.6 Å². The Kier molecular flexibility index (Phi) is 9.30. The van der Waals surface area contributed by atoms with Gasteiger partial charge in [-0.05, 0) is 54.4 Å². The van der Waals surface area contributed by atoms with Crippen LogP contribution < -0.4 is 15.5 Å². The lowest BCUT2D eigenvalue weighted by Crippen LogP contribution is -2.46. The number of halogens is 2. The number of nitrogens with one attached hydrogen (secondary N) is 3. The molecule has 3 heterocycles. The first kappa shape index (κ1) is 25.2. The van der Waals surface area contributed by atoms with E-state index in [-0.39, 0.29) is 29.8 Å². The summed E-state index contributed by atoms with van der Waals surface area (Å²) in [6.45, 7) is 8.88. The van der Waals surface area contributed by atoms with Crippen LogP contribution in [0, 0.1) is 5.82 Å². The Morgan fingerprint density at radius 3 is 2.73 bits per heavy atom. The van der Waals surface area contributed by atoms with Crippen LogP contribution in [0.3, 0.4) is 0 Å². The maximum Gasteiger partial charge on any atom is 0.191 e. The number of rotatable bonds is 7. The molecule has 0 radical (unpaired) electrons. The van der Waals surface area contributed by atoms with Crippen molar-refractivity contribution in [3.05, 3.63) is 59.7 Å². The van der Waals surface area contributed by atoms with E-state index >= 15 is 0 Å². The van der Waals surface area contributed by atoms with Gasteiger partial charge < -0.3 is 25.4 Å². The average Bonchev–Trinajstić information content (AvgIpc) is 3.23. The summed E-state index contributed by atoms with van der Waals surface area (Å²) in [5.74, 6) is 1.56. The summed E-state index contributed by atoms with van der Waals surface area (Å²) >= 11 is 0. The number of fused-ring (bicyclic) bond motifs is 1. The third kappa shape index (κ3) is 6.57. The van der Waals surface area contributed by atoms with Crippen LogP contribution in [0.4, 0.5) is 10.2 Å². The summed E-state index contributed by atoms with van der Waals surface area (Å²) in [5, 5.41) is 7.65. The monoisotopic (exact) mass is 565 g/mol. The summed E-state index contributed by atoms with van der Waals surface area (Å²) in [5.41, 5.74) is 3.21. The second kappa shape index (κ2) is 12.2. The molecule has 0 amide bonds. The van der Waals surface area contributed by atoms with Gasteiger partial charge in [0.2, 0.25) is 0 Å². The lowest BCUT2D eigenvalue weighted by Gasteiger charge is -2.34. The van der Waals surface area contributed by atoms with E-state index in [1.165, 1.54) is 11.6 Å². The Morgan fingerprint density at radius 2 is 1.97 bits per heavy atom. The molecule has 7 nitrogen and oxygen atoms in total. The number of H-pyrrole nitrogens is 1. The molecule has 0 saturated carbocycles. The molecule has 1 aromatic carbocycles. The minimum atomic E-state index is -0.215. The summed E-state index contributed by atoms with van der Waals surface area (Å²) in [6, 6.07) is 9.02. The van der Waals surface area contributed by atoms with Crippen molar-refractivity contribution in [2.75, 3.05) is 51.2 Å². The highest BCUT2D eigenvalue weighted by molar-refractivity contribution is 14.0. The molecule has 33 heavy (non-hydrogen) atoms. The van der Waals surface area contributed by atoms with Gasteiger partial charge in [-0.15, -0.1) is 24.0 Å². The van der Waals surface area contributed by atoms with Gasteiger partial charge in [-0.2, -0.15) is 0 Å². The molecular weight excluding hydrogens is 532 g/mol. The van der Waals surface area contributed by atoms with Crippen molar-refractivity contribution in [3.63, 3.8) is 0 Å². The molecule has 0 atom stereocenters. The second-order valence-electron chi connectivity index (χ2n) is 8.05. The molecule has 3 aromatic rings. The van der Waals surface area contributed by atoms with Crippen LogP contribution in [0.5, 0.6) is 0 Å². The Labute approximate surface area is 211 Å². The number of aromatic nitrogens is 2. The number of aromatic amines is 1. The van der Waals surface area contributed by atoms with Gasteiger partial charge in [0.15, 0.2) is 5.96 Å². The van der Waals surface area contributed by atoms with E-state index in [0.29, 0.717) is 13.1 Å². The van der Waals surface area contributed by atoms with E-state index in [0.717, 1.165) is 67.4 Å². The largest absolute Gasteiger partial charge is 0.361 e. The SMILES string of the molecule is CCN1CCN(c2cc(CNC(=NC)NCCc3c[nH]c4ccc(F)cc34)ccn2)CC1.I. The Hall–Kier alpha value is -2.40. The third-order valence-corrected chi connectivity index (χ3v) is 6.05. The third-order valence-electron chi connectivity index (χ3n) is 6.05. The number of likely N-dealkylation sites (N-methyl/N-ethyl adjacent to an activating group) is 1. The summed E-state index contributed by atoms with van der Waals surface area (Å²) in [6.07, 6.45) is 4.60. The van der Waals surface area contributed by atoms with Gasteiger partial charge in [0.1, 0.15) is 11.6 Å². The number of anilines is 1. The minimum absolute atomic E-state index is 0. The van der Waals surface area contributed by atoms with Crippen molar-refractivity contribution in [2.45, 2.75) is 19.9 Å². The van der Waals surface area contributed by atoms with Crippen molar-refractivity contribution < 1.29 is 4.39 Å². The molecule has 0 bridgehead atoms. The number of guanidine groups is 1. The molecule has 2 aromatic heterocycles. The van der Waals surface area contributed by atoms with Gasteiger partial charge in [0, 0.05) is 69.6 Å². The second-order valence-corrected chi connectivity index (χ2v) is 8.05. The average molecular weight is 565 g/mol. The van der Waals surface area contributed by atoms with E-state index in [4.69, 9.17) is 0 Å². The van der Waals surface area contributed by atoms with Crippen LogP contribution >= 0.6 is 24.0 Å². The normalized spacial score (nSPS) is 14.9. The van der Waals surface area contributed by atoms with Gasteiger partial charge in [-0.25, -0.2) is 9.37 Å². The Balaban J connectivity index is 0.00000306. The molecule has 1 aliphatic rings. The summed E-state index contributed by atoms with van der Waals surface area (Å²) in [4.78, 5) is 16.9. The van der Waals surface area contributed by atoms with Crippen LogP contribution in [0.15, 0.2) is 47.7 Å². The van der Waals surface area contributed by atoms with Gasteiger partial charge >= 0.3 is 0 Å². The van der Waals surface area contributed by atoms with Crippen LogP contribution in [0.2, 0.25) is 0 Å². The fourth-order valence-corrected chi connectivity index (χ4v) is 4.12. The van der Waals surface area contributed by atoms with Crippen molar-refractivity contribution in [3.8, 4) is 0 Å². The molecular formula is C24H33FIN7. The van der Waals surface area contributed by atoms with E-state index in [9.17, 15) is 4.39 Å². The van der Waals surface area contributed by atoms with Crippen LogP contribution in [-0.2, 0) is 13.0 Å². The van der Waals surface area contributed by atoms with E-state index in [2.05, 4.69) is 48.4 Å². The molecule has 0 aliphatic carbocycles. The van der Waals surface area contributed by atoms with Crippen molar-refractivity contribution in [2.24, 2.45) is 4.99 Å². The minimum Gasteiger partial charge on any atom is -0.361 e. The number of nitrogens with zero attached hydrogens (tertiary/aromatic N) is 4. The lowest BCUT2D eigenvalue weighted by molar-refractivity contribution is 0.270. The zero-order valence-electron chi connectivity index (χ0n) is 19.3. The molecule has 0 unspecified atom stereocenters. The fraction of sp³-hybridized carbons (Fsp3) is 0.417. The number of piperazine rings is 1. The molecule has 1 fully saturated rings. The quantitative estimate of drug-likeness (QED) is 0.233. The Morgan fingerprint density at radius 1 is 1.15 bits per heavy atom. The molecule has 3 N–H and O–H groups in total. The zero-order chi connectivity index (χ0) is 22.3. The van der Waals surface area contributed by atoms with Crippen LogP contribution in [-0.4, -0.2) is 67.1 Å². The van der Waals surface area contributed by atoms with E-state index in [1.807, 2.05) is 18.5 Å². The van der Waals surface area contributed by atoms with Gasteiger partial charge in [0.05, 0.1) is 0 Å². The predicted molar refractivity (Wildman–Crippen MR) is 144 cm³/mol. The van der Waals surface area contributed by atoms with Gasteiger partial charge in [0.25, 0.3) is 0 Å². The molecule has 0 spiro atoms. The maximum absolute atomic E-state index is 13.6. The number of aliphatic imine (C=N–C) groups is 1. The number of hydrogen-bond donors (Lipinski definition) is 3. The highest BCUT2D eigenvalue weighted by Crippen LogP contribution is 2.19. The highest BCUT2D eigenvalue weighted by atomic mass is 127. The zero-order valence-corrected chi connectivity index (χ0v) is 21.6.